The Hall–Kier alpha value is -1.82. The normalized spacial score (nSPS) is 23.6. The van der Waals surface area contributed by atoms with Gasteiger partial charge in [0.2, 0.25) is 0 Å². The van der Waals surface area contributed by atoms with Gasteiger partial charge in [-0.25, -0.2) is 14.4 Å². The third-order valence-corrected chi connectivity index (χ3v) is 5.35. The molecule has 2 aromatic rings. The van der Waals surface area contributed by atoms with Crippen LogP contribution in [0.5, 0.6) is 0 Å². The van der Waals surface area contributed by atoms with Gasteiger partial charge in [0, 0.05) is 42.6 Å². The SMILES string of the molecule is Fc1ccc([C@@H]2C[C@H]2Nc2cc(N3CCSCC3)ncn2)cc1. The van der Waals surface area contributed by atoms with E-state index in [0.717, 1.165) is 42.7 Å². The fourth-order valence-corrected chi connectivity index (χ4v) is 3.92. The molecule has 0 radical (unpaired) electrons. The van der Waals surface area contributed by atoms with Crippen LogP contribution < -0.4 is 10.2 Å². The summed E-state index contributed by atoms with van der Waals surface area (Å²) in [5, 5.41) is 3.48. The average molecular weight is 330 g/mol. The molecule has 0 amide bonds. The standard InChI is InChI=1S/C17H19FN4S/c18-13-3-1-12(2-4-13)14-9-15(14)21-16-10-17(20-11-19-16)22-5-7-23-8-6-22/h1-4,10-11,14-15H,5-9H2,(H,19,20,21)/t14-,15+/m0/s1. The molecule has 4 nitrogen and oxygen atoms in total. The molecule has 2 fully saturated rings. The van der Waals surface area contributed by atoms with Crippen LogP contribution in [-0.2, 0) is 0 Å². The van der Waals surface area contributed by atoms with Crippen molar-refractivity contribution in [1.29, 1.82) is 0 Å². The highest BCUT2D eigenvalue weighted by Gasteiger charge is 2.38. The first-order valence-electron chi connectivity index (χ1n) is 7.96. The maximum atomic E-state index is 13.0. The maximum absolute atomic E-state index is 13.0. The lowest BCUT2D eigenvalue weighted by Crippen LogP contribution is -2.33. The first-order valence-corrected chi connectivity index (χ1v) is 9.12. The molecule has 23 heavy (non-hydrogen) atoms. The van der Waals surface area contributed by atoms with Crippen LogP contribution in [0.3, 0.4) is 0 Å². The van der Waals surface area contributed by atoms with Gasteiger partial charge in [-0.05, 0) is 24.1 Å². The molecule has 2 heterocycles. The van der Waals surface area contributed by atoms with Crippen molar-refractivity contribution >= 4 is 23.4 Å². The minimum Gasteiger partial charge on any atom is -0.367 e. The van der Waals surface area contributed by atoms with E-state index in [2.05, 4.69) is 20.2 Å². The number of benzene rings is 1. The largest absolute Gasteiger partial charge is 0.367 e. The summed E-state index contributed by atoms with van der Waals surface area (Å²) >= 11 is 1.99. The van der Waals surface area contributed by atoms with E-state index in [4.69, 9.17) is 0 Å². The highest BCUT2D eigenvalue weighted by molar-refractivity contribution is 7.99. The molecule has 2 aliphatic rings. The Morgan fingerprint density at radius 1 is 1.13 bits per heavy atom. The number of nitrogens with one attached hydrogen (secondary N) is 1. The molecule has 1 aliphatic heterocycles. The zero-order chi connectivity index (χ0) is 15.6. The van der Waals surface area contributed by atoms with Gasteiger partial charge in [-0.2, -0.15) is 11.8 Å². The highest BCUT2D eigenvalue weighted by Crippen LogP contribution is 2.42. The zero-order valence-corrected chi connectivity index (χ0v) is 13.6. The minimum atomic E-state index is -0.181. The fourth-order valence-electron chi connectivity index (χ4n) is 3.01. The van der Waals surface area contributed by atoms with Crippen molar-refractivity contribution in [3.8, 4) is 0 Å². The van der Waals surface area contributed by atoms with Gasteiger partial charge in [0.1, 0.15) is 23.8 Å². The van der Waals surface area contributed by atoms with E-state index in [1.807, 2.05) is 30.0 Å². The number of hydrogen-bond acceptors (Lipinski definition) is 5. The first kappa shape index (κ1) is 14.8. The van der Waals surface area contributed by atoms with Crippen LogP contribution in [0.2, 0.25) is 0 Å². The van der Waals surface area contributed by atoms with Crippen molar-refractivity contribution in [2.75, 3.05) is 34.8 Å². The summed E-state index contributed by atoms with van der Waals surface area (Å²) in [6.07, 6.45) is 2.69. The zero-order valence-electron chi connectivity index (χ0n) is 12.8. The van der Waals surface area contributed by atoms with Crippen LogP contribution in [0, 0.1) is 5.82 Å². The minimum absolute atomic E-state index is 0.181. The smallest absolute Gasteiger partial charge is 0.134 e. The van der Waals surface area contributed by atoms with Crippen molar-refractivity contribution in [2.45, 2.75) is 18.4 Å². The predicted molar refractivity (Wildman–Crippen MR) is 92.7 cm³/mol. The number of nitrogens with zero attached hydrogens (tertiary/aromatic N) is 3. The molecule has 2 atom stereocenters. The molecule has 6 heteroatoms. The number of hydrogen-bond donors (Lipinski definition) is 1. The van der Waals surface area contributed by atoms with E-state index >= 15 is 0 Å². The lowest BCUT2D eigenvalue weighted by molar-refractivity contribution is 0.627. The fraction of sp³-hybridized carbons (Fsp3) is 0.412. The highest BCUT2D eigenvalue weighted by atomic mass is 32.2. The van der Waals surface area contributed by atoms with Crippen molar-refractivity contribution in [3.05, 3.63) is 48.0 Å². The maximum Gasteiger partial charge on any atom is 0.134 e. The van der Waals surface area contributed by atoms with Crippen LogP contribution in [-0.4, -0.2) is 40.6 Å². The summed E-state index contributed by atoms with van der Waals surface area (Å²) in [6.45, 7) is 2.09. The van der Waals surface area contributed by atoms with Gasteiger partial charge in [0.15, 0.2) is 0 Å². The second-order valence-electron chi connectivity index (χ2n) is 6.01. The van der Waals surface area contributed by atoms with Crippen LogP contribution >= 0.6 is 11.8 Å². The van der Waals surface area contributed by atoms with Gasteiger partial charge < -0.3 is 10.2 Å². The lowest BCUT2D eigenvalue weighted by atomic mass is 10.1. The molecular weight excluding hydrogens is 311 g/mol. The predicted octanol–water partition coefficient (Wildman–Crippen LogP) is 3.14. The molecule has 4 rings (SSSR count). The Balaban J connectivity index is 1.41. The van der Waals surface area contributed by atoms with Gasteiger partial charge in [-0.1, -0.05) is 12.1 Å². The Labute approximate surface area is 139 Å². The lowest BCUT2D eigenvalue weighted by Gasteiger charge is -2.27. The van der Waals surface area contributed by atoms with E-state index < -0.39 is 0 Å². The van der Waals surface area contributed by atoms with E-state index in [0.29, 0.717) is 12.0 Å². The van der Waals surface area contributed by atoms with Crippen LogP contribution in [0.25, 0.3) is 0 Å². The number of aromatic nitrogens is 2. The van der Waals surface area contributed by atoms with Crippen LogP contribution in [0.15, 0.2) is 36.7 Å². The molecule has 120 valence electrons. The van der Waals surface area contributed by atoms with E-state index in [-0.39, 0.29) is 5.82 Å². The summed E-state index contributed by atoms with van der Waals surface area (Å²) in [5.41, 5.74) is 1.19. The van der Waals surface area contributed by atoms with Crippen molar-refractivity contribution < 1.29 is 4.39 Å². The molecule has 0 bridgehead atoms. The second-order valence-corrected chi connectivity index (χ2v) is 7.23. The summed E-state index contributed by atoms with van der Waals surface area (Å²) in [6, 6.07) is 9.22. The van der Waals surface area contributed by atoms with Crippen LogP contribution in [0.4, 0.5) is 16.0 Å². The summed E-state index contributed by atoms with van der Waals surface area (Å²) in [5.74, 6) is 4.45. The summed E-state index contributed by atoms with van der Waals surface area (Å²) < 4.78 is 13.0. The van der Waals surface area contributed by atoms with Gasteiger partial charge >= 0.3 is 0 Å². The quantitative estimate of drug-likeness (QED) is 0.933. The Kier molecular flexibility index (Phi) is 4.08. The topological polar surface area (TPSA) is 41.0 Å². The van der Waals surface area contributed by atoms with E-state index in [9.17, 15) is 4.39 Å². The second kappa shape index (κ2) is 6.35. The summed E-state index contributed by atoms with van der Waals surface area (Å²) in [4.78, 5) is 11.1. The molecule has 1 saturated heterocycles. The third kappa shape index (κ3) is 3.42. The first-order chi connectivity index (χ1) is 11.3. The number of anilines is 2. The number of halogens is 1. The van der Waals surface area contributed by atoms with E-state index in [1.165, 1.54) is 17.7 Å². The molecule has 1 aromatic carbocycles. The van der Waals surface area contributed by atoms with Crippen molar-refractivity contribution in [1.82, 2.24) is 9.97 Å². The molecule has 1 N–H and O–H groups in total. The third-order valence-electron chi connectivity index (χ3n) is 4.41. The van der Waals surface area contributed by atoms with E-state index in [1.54, 1.807) is 6.33 Å². The molecule has 1 aromatic heterocycles. The van der Waals surface area contributed by atoms with Gasteiger partial charge in [0.05, 0.1) is 0 Å². The Morgan fingerprint density at radius 3 is 2.70 bits per heavy atom. The molecule has 1 saturated carbocycles. The molecule has 1 aliphatic carbocycles. The van der Waals surface area contributed by atoms with Crippen molar-refractivity contribution in [3.63, 3.8) is 0 Å². The number of rotatable bonds is 4. The molecule has 0 spiro atoms. The average Bonchev–Trinajstić information content (AvgIpc) is 3.36. The van der Waals surface area contributed by atoms with Crippen molar-refractivity contribution in [2.24, 2.45) is 0 Å². The van der Waals surface area contributed by atoms with Crippen LogP contribution in [0.1, 0.15) is 17.9 Å². The summed E-state index contributed by atoms with van der Waals surface area (Å²) in [7, 11) is 0. The molecular formula is C17H19FN4S. The van der Waals surface area contributed by atoms with Gasteiger partial charge in [-0.3, -0.25) is 0 Å². The monoisotopic (exact) mass is 330 g/mol. The van der Waals surface area contributed by atoms with Gasteiger partial charge in [0.25, 0.3) is 0 Å². The Bertz CT molecular complexity index is 673. The van der Waals surface area contributed by atoms with Gasteiger partial charge in [-0.15, -0.1) is 0 Å². The molecule has 0 unspecified atom stereocenters. The number of thioether (sulfide) groups is 1. The Morgan fingerprint density at radius 2 is 1.91 bits per heavy atom.